The fourth-order valence-corrected chi connectivity index (χ4v) is 7.11. The molecule has 6 nitrogen and oxygen atoms in total. The summed E-state index contributed by atoms with van der Waals surface area (Å²) in [5.41, 5.74) is 1.38. The van der Waals surface area contributed by atoms with Gasteiger partial charge in [-0.2, -0.15) is 0 Å². The molecule has 0 N–H and O–H groups in total. The van der Waals surface area contributed by atoms with Crippen molar-refractivity contribution in [2.45, 2.75) is 55.4 Å². The second kappa shape index (κ2) is 10.7. The largest absolute Gasteiger partial charge is 0.362 e. The molecule has 0 radical (unpaired) electrons. The fraction of sp³-hybridized carbons (Fsp3) is 0.750. The van der Waals surface area contributed by atoms with E-state index in [0.29, 0.717) is 11.1 Å². The van der Waals surface area contributed by atoms with Crippen LogP contribution in [0.15, 0.2) is 21.8 Å². The molecule has 0 fully saturated rings. The van der Waals surface area contributed by atoms with Crippen LogP contribution < -0.4 is 0 Å². The molecule has 0 atom stereocenters. The lowest BCUT2D eigenvalue weighted by Crippen LogP contribution is -2.08. The molecule has 0 aliphatic heterocycles. The number of allylic oxidation sites excluding steroid dienone is 4. The maximum Gasteiger partial charge on any atom is 0.362 e. The highest BCUT2D eigenvalue weighted by atomic mass is 31.2. The summed E-state index contributed by atoms with van der Waals surface area (Å²) in [5, 5.41) is 0.577. The molecule has 0 unspecified atom stereocenters. The summed E-state index contributed by atoms with van der Waals surface area (Å²) in [4.78, 5) is 0. The normalized spacial score (nSPS) is 12.2. The summed E-state index contributed by atoms with van der Waals surface area (Å²) >= 11 is 0. The Hall–Kier alpha value is -0.220. The quantitative estimate of drug-likeness (QED) is 0.317. The van der Waals surface area contributed by atoms with Gasteiger partial charge in [-0.3, -0.25) is 9.13 Å². The van der Waals surface area contributed by atoms with Gasteiger partial charge >= 0.3 is 15.2 Å². The Morgan fingerprint density at radius 3 is 0.917 bits per heavy atom. The molecule has 0 aromatic heterocycles. The molecule has 0 bridgehead atoms. The minimum Gasteiger partial charge on any atom is -0.305 e. The predicted octanol–water partition coefficient (Wildman–Crippen LogP) is 6.11. The summed E-state index contributed by atoms with van der Waals surface area (Å²) in [7, 11) is -7.30. The lowest BCUT2D eigenvalue weighted by Gasteiger charge is -2.28. The van der Waals surface area contributed by atoms with Gasteiger partial charge in [0.1, 0.15) is 0 Å². The molecule has 0 saturated carbocycles. The highest BCUT2D eigenvalue weighted by Crippen LogP contribution is 2.70. The predicted molar refractivity (Wildman–Crippen MR) is 98.5 cm³/mol. The van der Waals surface area contributed by atoms with E-state index >= 15 is 0 Å². The Balaban J connectivity index is 6.56. The van der Waals surface area contributed by atoms with Crippen LogP contribution in [-0.4, -0.2) is 26.4 Å². The molecule has 0 heterocycles. The maximum atomic E-state index is 13.4. The second-order valence-corrected chi connectivity index (χ2v) is 9.28. The summed E-state index contributed by atoms with van der Waals surface area (Å²) in [6.07, 6.45) is 0. The van der Waals surface area contributed by atoms with Gasteiger partial charge in [-0.15, -0.1) is 0 Å². The molecule has 0 aliphatic rings. The van der Waals surface area contributed by atoms with E-state index < -0.39 is 15.2 Å². The molecule has 8 heteroatoms. The third-order valence-corrected chi connectivity index (χ3v) is 7.92. The van der Waals surface area contributed by atoms with Crippen molar-refractivity contribution >= 4 is 15.2 Å². The van der Waals surface area contributed by atoms with E-state index in [1.807, 2.05) is 0 Å². The standard InChI is InChI=1S/C16H32O6P2/c1-9-19-23(17,20-10-2)15(13(5)6)16(14(7)8)24(18,21-11-3)22-12-4/h9-12H2,1-8H3. The molecule has 0 aliphatic carbocycles. The van der Waals surface area contributed by atoms with Crippen LogP contribution >= 0.6 is 15.2 Å². The molecule has 0 aromatic carbocycles. The van der Waals surface area contributed by atoms with Crippen molar-refractivity contribution < 1.29 is 27.2 Å². The van der Waals surface area contributed by atoms with Crippen molar-refractivity contribution in [2.75, 3.05) is 26.4 Å². The van der Waals surface area contributed by atoms with Gasteiger partial charge in [0, 0.05) is 0 Å². The van der Waals surface area contributed by atoms with Crippen molar-refractivity contribution in [1.29, 1.82) is 0 Å². The average Bonchev–Trinajstić information content (AvgIpc) is 2.44. The molecule has 0 amide bonds. The van der Waals surface area contributed by atoms with Crippen molar-refractivity contribution in [3.05, 3.63) is 21.8 Å². The number of rotatable bonds is 11. The van der Waals surface area contributed by atoms with Crippen LogP contribution in [0.3, 0.4) is 0 Å². The van der Waals surface area contributed by atoms with E-state index in [1.54, 1.807) is 55.4 Å². The number of hydrogen-bond acceptors (Lipinski definition) is 6. The van der Waals surface area contributed by atoms with Gasteiger partial charge in [-0.1, -0.05) is 11.1 Å². The van der Waals surface area contributed by atoms with Gasteiger partial charge in [-0.05, 0) is 55.4 Å². The number of hydrogen-bond donors (Lipinski definition) is 0. The maximum absolute atomic E-state index is 13.4. The van der Waals surface area contributed by atoms with Gasteiger partial charge in [0.15, 0.2) is 0 Å². The topological polar surface area (TPSA) is 71.1 Å². The molecule has 0 spiro atoms. The van der Waals surface area contributed by atoms with Gasteiger partial charge in [0.25, 0.3) is 0 Å². The minimum absolute atomic E-state index is 0.206. The molecular weight excluding hydrogens is 350 g/mol. The van der Waals surface area contributed by atoms with Crippen molar-refractivity contribution in [3.8, 4) is 0 Å². The van der Waals surface area contributed by atoms with Crippen LogP contribution in [0.5, 0.6) is 0 Å². The smallest absolute Gasteiger partial charge is 0.305 e. The first kappa shape index (κ1) is 23.8. The van der Waals surface area contributed by atoms with E-state index in [9.17, 15) is 9.13 Å². The Labute approximate surface area is 146 Å². The molecule has 0 aromatic rings. The monoisotopic (exact) mass is 382 g/mol. The Bertz CT molecular complexity index is 487. The van der Waals surface area contributed by atoms with Crippen molar-refractivity contribution in [3.63, 3.8) is 0 Å². The van der Waals surface area contributed by atoms with Crippen LogP contribution in [-0.2, 0) is 27.2 Å². The molecule has 0 saturated heterocycles. The summed E-state index contributed by atoms with van der Waals surface area (Å²) in [5.74, 6) is 0. The van der Waals surface area contributed by atoms with E-state index in [4.69, 9.17) is 18.1 Å². The molecular formula is C16H32O6P2. The highest BCUT2D eigenvalue weighted by molar-refractivity contribution is 7.65. The lowest BCUT2D eigenvalue weighted by molar-refractivity contribution is 0.220. The van der Waals surface area contributed by atoms with Crippen LogP contribution in [0.25, 0.3) is 0 Å². The second-order valence-electron chi connectivity index (χ2n) is 5.36. The third kappa shape index (κ3) is 5.94. The van der Waals surface area contributed by atoms with E-state index in [0.717, 1.165) is 0 Å². The van der Waals surface area contributed by atoms with Gasteiger partial charge in [0.2, 0.25) is 0 Å². The van der Waals surface area contributed by atoms with E-state index in [1.165, 1.54) is 0 Å². The first-order valence-corrected chi connectivity index (χ1v) is 11.4. The zero-order valence-electron chi connectivity index (χ0n) is 16.2. The van der Waals surface area contributed by atoms with Crippen LogP contribution in [0.4, 0.5) is 0 Å². The summed E-state index contributed by atoms with van der Waals surface area (Å²) < 4.78 is 48.7. The fourth-order valence-electron chi connectivity index (χ4n) is 2.29. The molecule has 24 heavy (non-hydrogen) atoms. The lowest BCUT2D eigenvalue weighted by atomic mass is 10.2. The van der Waals surface area contributed by atoms with Gasteiger partial charge < -0.3 is 18.1 Å². The zero-order chi connectivity index (χ0) is 19.0. The summed E-state index contributed by atoms with van der Waals surface area (Å²) in [6.45, 7) is 14.9. The third-order valence-electron chi connectivity index (χ3n) is 2.92. The Kier molecular flexibility index (Phi) is 10.6. The van der Waals surface area contributed by atoms with Gasteiger partial charge in [0.05, 0.1) is 37.1 Å². The molecule has 142 valence electrons. The minimum atomic E-state index is -3.65. The van der Waals surface area contributed by atoms with Crippen molar-refractivity contribution in [2.24, 2.45) is 0 Å². The SMILES string of the molecule is CCOP(=O)(OCC)C(=C(C)C)C(=C(C)C)P(=O)(OCC)OCC. The Morgan fingerprint density at radius 2 is 0.792 bits per heavy atom. The van der Waals surface area contributed by atoms with Crippen LogP contribution in [0, 0.1) is 0 Å². The first-order valence-electron chi connectivity index (χ1n) is 8.28. The molecule has 0 rings (SSSR count). The van der Waals surface area contributed by atoms with Gasteiger partial charge in [-0.25, -0.2) is 0 Å². The van der Waals surface area contributed by atoms with Crippen LogP contribution in [0.2, 0.25) is 0 Å². The van der Waals surface area contributed by atoms with Crippen LogP contribution in [0.1, 0.15) is 55.4 Å². The average molecular weight is 382 g/mol. The Morgan fingerprint density at radius 1 is 0.583 bits per heavy atom. The first-order chi connectivity index (χ1) is 11.1. The highest BCUT2D eigenvalue weighted by Gasteiger charge is 2.43. The van der Waals surface area contributed by atoms with E-state index in [2.05, 4.69) is 0 Å². The van der Waals surface area contributed by atoms with Crippen molar-refractivity contribution in [1.82, 2.24) is 0 Å². The summed E-state index contributed by atoms with van der Waals surface area (Å²) in [6, 6.07) is 0. The van der Waals surface area contributed by atoms with E-state index in [-0.39, 0.29) is 37.1 Å². The zero-order valence-corrected chi connectivity index (χ0v) is 18.0.